The molecule has 16 heavy (non-hydrogen) atoms. The molecule has 1 rings (SSSR count). The van der Waals surface area contributed by atoms with E-state index in [1.807, 2.05) is 42.5 Å². The van der Waals surface area contributed by atoms with Crippen molar-refractivity contribution in [1.82, 2.24) is 0 Å². The number of nitrogens with zero attached hydrogens (tertiary/aromatic N) is 1. The molecule has 0 amide bonds. The predicted octanol–water partition coefficient (Wildman–Crippen LogP) is 2.68. The van der Waals surface area contributed by atoms with Crippen molar-refractivity contribution in [3.8, 4) is 5.75 Å². The highest BCUT2D eigenvalue weighted by Crippen LogP contribution is 2.08. The van der Waals surface area contributed by atoms with E-state index in [2.05, 4.69) is 0 Å². The van der Waals surface area contributed by atoms with E-state index in [1.165, 1.54) is 0 Å². The normalized spacial score (nSPS) is 10.5. The van der Waals surface area contributed by atoms with Gasteiger partial charge in [-0.1, -0.05) is 30.4 Å². The Morgan fingerprint density at radius 2 is 1.88 bits per heavy atom. The van der Waals surface area contributed by atoms with Crippen molar-refractivity contribution in [3.63, 3.8) is 0 Å². The zero-order valence-corrected chi connectivity index (χ0v) is 9.04. The minimum atomic E-state index is -0.315. The lowest BCUT2D eigenvalue weighted by molar-refractivity contribution is -0.478. The lowest BCUT2D eigenvalue weighted by Crippen LogP contribution is -1.98. The number of ether oxygens (including phenoxy) is 1. The molecule has 86 valence electrons. The minimum Gasteiger partial charge on any atom is -0.493 e. The van der Waals surface area contributed by atoms with E-state index in [0.717, 1.165) is 12.2 Å². The fraction of sp³-hybridized carbons (Fsp3) is 0.333. The van der Waals surface area contributed by atoms with Crippen LogP contribution in [0.1, 0.15) is 12.8 Å². The molecule has 0 heterocycles. The van der Waals surface area contributed by atoms with Gasteiger partial charge in [0.15, 0.2) is 0 Å². The molecule has 0 fully saturated rings. The third-order valence-electron chi connectivity index (χ3n) is 1.94. The van der Waals surface area contributed by atoms with Gasteiger partial charge in [-0.25, -0.2) is 0 Å². The molecule has 0 radical (unpaired) electrons. The summed E-state index contributed by atoms with van der Waals surface area (Å²) in [5.41, 5.74) is 0. The zero-order chi connectivity index (χ0) is 11.6. The van der Waals surface area contributed by atoms with Crippen LogP contribution in [-0.4, -0.2) is 18.1 Å². The first kappa shape index (κ1) is 12.2. The number of hydrogen-bond donors (Lipinski definition) is 0. The van der Waals surface area contributed by atoms with Gasteiger partial charge in [0, 0.05) is 11.3 Å². The summed E-state index contributed by atoms with van der Waals surface area (Å²) in [6.45, 7) is 0.592. The molecule has 0 saturated carbocycles. The van der Waals surface area contributed by atoms with Crippen molar-refractivity contribution in [2.45, 2.75) is 12.8 Å². The second kappa shape index (κ2) is 7.45. The van der Waals surface area contributed by atoms with E-state index in [9.17, 15) is 10.1 Å². The molecule has 0 saturated heterocycles. The summed E-state index contributed by atoms with van der Waals surface area (Å²) >= 11 is 0. The summed E-state index contributed by atoms with van der Waals surface area (Å²) in [5, 5.41) is 10.0. The van der Waals surface area contributed by atoms with Crippen LogP contribution < -0.4 is 4.74 Å². The van der Waals surface area contributed by atoms with E-state index in [0.29, 0.717) is 13.0 Å². The van der Waals surface area contributed by atoms with Crippen molar-refractivity contribution in [2.75, 3.05) is 13.2 Å². The summed E-state index contributed by atoms with van der Waals surface area (Å²) in [6.07, 6.45) is 4.98. The molecule has 0 N–H and O–H groups in total. The number of nitro groups is 1. The monoisotopic (exact) mass is 221 g/mol. The maximum absolute atomic E-state index is 10.0. The molecule has 0 aromatic heterocycles. The van der Waals surface area contributed by atoms with Gasteiger partial charge in [0.1, 0.15) is 5.75 Å². The van der Waals surface area contributed by atoms with Gasteiger partial charge >= 0.3 is 0 Å². The highest BCUT2D eigenvalue weighted by Gasteiger charge is 1.91. The largest absolute Gasteiger partial charge is 0.493 e. The Hall–Kier alpha value is -1.84. The third kappa shape index (κ3) is 5.80. The van der Waals surface area contributed by atoms with Crippen molar-refractivity contribution in [2.24, 2.45) is 0 Å². The van der Waals surface area contributed by atoms with Crippen molar-refractivity contribution in [3.05, 3.63) is 52.6 Å². The Balaban J connectivity index is 2.06. The molecule has 1 aromatic rings. The summed E-state index contributed by atoms with van der Waals surface area (Å²) in [4.78, 5) is 9.71. The van der Waals surface area contributed by atoms with E-state index < -0.39 is 0 Å². The first-order valence-electron chi connectivity index (χ1n) is 5.23. The molecule has 4 heteroatoms. The standard InChI is InChI=1S/C12H15NO3/c14-13(15)10-6-1-2-7-11-16-12-8-4-3-5-9-12/h1-5,8-9H,6-7,10-11H2/b2-1-. The molecule has 0 aliphatic rings. The number of para-hydroxylation sites is 1. The minimum absolute atomic E-state index is 0.00393. The van der Waals surface area contributed by atoms with Gasteiger partial charge in [0.05, 0.1) is 6.61 Å². The maximum atomic E-state index is 10.0. The van der Waals surface area contributed by atoms with Crippen molar-refractivity contribution in [1.29, 1.82) is 0 Å². The van der Waals surface area contributed by atoms with E-state index >= 15 is 0 Å². The molecule has 0 unspecified atom stereocenters. The molecule has 0 atom stereocenters. The molecule has 1 aromatic carbocycles. The fourth-order valence-corrected chi connectivity index (χ4v) is 1.18. The van der Waals surface area contributed by atoms with Crippen LogP contribution in [0.25, 0.3) is 0 Å². The zero-order valence-electron chi connectivity index (χ0n) is 9.04. The topological polar surface area (TPSA) is 52.4 Å². The fourth-order valence-electron chi connectivity index (χ4n) is 1.18. The summed E-state index contributed by atoms with van der Waals surface area (Å²) in [5.74, 6) is 0.848. The van der Waals surface area contributed by atoms with Crippen LogP contribution in [0.15, 0.2) is 42.5 Å². The van der Waals surface area contributed by atoms with Crippen molar-refractivity contribution >= 4 is 0 Å². The quantitative estimate of drug-likeness (QED) is 0.308. The smallest absolute Gasteiger partial charge is 0.207 e. The van der Waals surface area contributed by atoms with Gasteiger partial charge in [-0.05, 0) is 18.6 Å². The van der Waals surface area contributed by atoms with Gasteiger partial charge in [-0.15, -0.1) is 0 Å². The van der Waals surface area contributed by atoms with Crippen LogP contribution in [0.5, 0.6) is 5.75 Å². The summed E-state index contributed by atoms with van der Waals surface area (Å²) in [6, 6.07) is 9.57. The highest BCUT2D eigenvalue weighted by atomic mass is 16.6. The molecule has 0 spiro atoms. The maximum Gasteiger partial charge on any atom is 0.207 e. The Labute approximate surface area is 94.7 Å². The lowest BCUT2D eigenvalue weighted by atomic mass is 10.3. The summed E-state index contributed by atoms with van der Waals surface area (Å²) in [7, 11) is 0. The Morgan fingerprint density at radius 1 is 1.19 bits per heavy atom. The first-order chi connectivity index (χ1) is 7.79. The van der Waals surface area contributed by atoms with Crippen LogP contribution in [0.4, 0.5) is 0 Å². The highest BCUT2D eigenvalue weighted by molar-refractivity contribution is 5.20. The Kier molecular flexibility index (Phi) is 5.70. The average Bonchev–Trinajstić information content (AvgIpc) is 2.29. The predicted molar refractivity (Wildman–Crippen MR) is 62.2 cm³/mol. The van der Waals surface area contributed by atoms with Crippen LogP contribution in [-0.2, 0) is 0 Å². The van der Waals surface area contributed by atoms with Gasteiger partial charge in [0.25, 0.3) is 0 Å². The molecular formula is C12H15NO3. The number of hydrogen-bond acceptors (Lipinski definition) is 3. The van der Waals surface area contributed by atoms with Gasteiger partial charge in [0.2, 0.25) is 6.54 Å². The van der Waals surface area contributed by atoms with Gasteiger partial charge in [-0.3, -0.25) is 10.1 Å². The molecule has 0 aliphatic carbocycles. The second-order valence-electron chi connectivity index (χ2n) is 3.27. The van der Waals surface area contributed by atoms with Crippen molar-refractivity contribution < 1.29 is 9.66 Å². The van der Waals surface area contributed by atoms with Gasteiger partial charge < -0.3 is 4.74 Å². The third-order valence-corrected chi connectivity index (χ3v) is 1.94. The summed E-state index contributed by atoms with van der Waals surface area (Å²) < 4.78 is 5.45. The second-order valence-corrected chi connectivity index (χ2v) is 3.27. The molecular weight excluding hydrogens is 206 g/mol. The van der Waals surface area contributed by atoms with Crippen LogP contribution >= 0.6 is 0 Å². The van der Waals surface area contributed by atoms with Gasteiger partial charge in [-0.2, -0.15) is 0 Å². The van der Waals surface area contributed by atoms with E-state index in [-0.39, 0.29) is 11.5 Å². The number of rotatable bonds is 7. The SMILES string of the molecule is O=[N+]([O-])CC/C=C\CCOc1ccccc1. The Morgan fingerprint density at radius 3 is 2.56 bits per heavy atom. The van der Waals surface area contributed by atoms with Crippen LogP contribution in [0, 0.1) is 10.1 Å². The lowest BCUT2D eigenvalue weighted by Gasteiger charge is -2.02. The Bertz CT molecular complexity index is 335. The first-order valence-corrected chi connectivity index (χ1v) is 5.23. The molecule has 4 nitrogen and oxygen atoms in total. The molecule has 0 aliphatic heterocycles. The van der Waals surface area contributed by atoms with E-state index in [4.69, 9.17) is 4.74 Å². The average molecular weight is 221 g/mol. The van der Waals surface area contributed by atoms with E-state index in [1.54, 1.807) is 0 Å². The molecule has 0 bridgehead atoms. The van der Waals surface area contributed by atoms with Crippen LogP contribution in [0.2, 0.25) is 0 Å². The van der Waals surface area contributed by atoms with Crippen LogP contribution in [0.3, 0.4) is 0 Å². The number of benzene rings is 1.